The molecule has 0 radical (unpaired) electrons. The van der Waals surface area contributed by atoms with Crippen molar-refractivity contribution in [1.29, 1.82) is 0 Å². The van der Waals surface area contributed by atoms with Crippen molar-refractivity contribution in [2.45, 2.75) is 106 Å². The van der Waals surface area contributed by atoms with Crippen LogP contribution in [-0.2, 0) is 9.59 Å². The molecule has 0 heterocycles. The van der Waals surface area contributed by atoms with Crippen LogP contribution in [-0.4, -0.2) is 30.7 Å². The summed E-state index contributed by atoms with van der Waals surface area (Å²) in [5.74, 6) is 1.40. The Morgan fingerprint density at radius 2 is 1.53 bits per heavy atom. The summed E-state index contributed by atoms with van der Waals surface area (Å²) in [4.78, 5) is 40.2. The van der Waals surface area contributed by atoms with Gasteiger partial charge in [0.15, 0.2) is 5.78 Å². The van der Waals surface area contributed by atoms with Crippen LogP contribution in [0.4, 0.5) is 0 Å². The quantitative estimate of drug-likeness (QED) is 0.201. The van der Waals surface area contributed by atoms with Crippen molar-refractivity contribution in [2.24, 2.45) is 50.2 Å². The number of ketones is 1. The van der Waals surface area contributed by atoms with E-state index in [1.54, 1.807) is 17.7 Å². The van der Waals surface area contributed by atoms with Crippen LogP contribution in [0.2, 0.25) is 0 Å². The molecule has 244 valence electrons. The summed E-state index contributed by atoms with van der Waals surface area (Å²) in [7, 11) is 0. The summed E-state index contributed by atoms with van der Waals surface area (Å²) in [6.07, 6.45) is 11.5. The number of amides is 2. The molecule has 5 heteroatoms. The monoisotopic (exact) mass is 612 g/mol. The van der Waals surface area contributed by atoms with Gasteiger partial charge in [-0.2, -0.15) is 0 Å². The summed E-state index contributed by atoms with van der Waals surface area (Å²) in [6.45, 7) is 21.8. The van der Waals surface area contributed by atoms with Crippen molar-refractivity contribution in [3.05, 3.63) is 59.7 Å². The third-order valence-electron chi connectivity index (χ3n) is 14.5. The fourth-order valence-electron chi connectivity index (χ4n) is 11.8. The van der Waals surface area contributed by atoms with Gasteiger partial charge in [-0.25, -0.2) is 0 Å². The molecule has 0 spiro atoms. The molecule has 6 rings (SSSR count). The lowest BCUT2D eigenvalue weighted by atomic mass is 9.33. The molecule has 45 heavy (non-hydrogen) atoms. The predicted octanol–water partition coefficient (Wildman–Crippen LogP) is 8.07. The summed E-state index contributed by atoms with van der Waals surface area (Å²) in [5, 5.41) is 6.26. The van der Waals surface area contributed by atoms with E-state index < -0.39 is 5.41 Å². The minimum Gasteiger partial charge on any atom is -0.354 e. The van der Waals surface area contributed by atoms with Gasteiger partial charge in [0.2, 0.25) is 5.91 Å². The molecular weight excluding hydrogens is 556 g/mol. The maximum Gasteiger partial charge on any atom is 0.251 e. The molecule has 5 aliphatic carbocycles. The van der Waals surface area contributed by atoms with Gasteiger partial charge in [0, 0.05) is 24.1 Å². The summed E-state index contributed by atoms with van der Waals surface area (Å²) >= 11 is 0. The van der Waals surface area contributed by atoms with Crippen LogP contribution in [0.15, 0.2) is 54.1 Å². The van der Waals surface area contributed by atoms with Gasteiger partial charge < -0.3 is 10.6 Å². The van der Waals surface area contributed by atoms with E-state index in [4.69, 9.17) is 0 Å². The lowest BCUT2D eigenvalue weighted by Crippen LogP contribution is -2.65. The average Bonchev–Trinajstić information content (AvgIpc) is 2.98. The van der Waals surface area contributed by atoms with Crippen LogP contribution in [0.5, 0.6) is 0 Å². The van der Waals surface area contributed by atoms with Crippen LogP contribution in [0, 0.1) is 50.2 Å². The maximum atomic E-state index is 14.3. The number of allylic oxidation sites excluding steroid dienone is 3. The standard InChI is InChI=1S/C40H56N2O3/c1-26-24-37(6)30(36(4,5)32(26)43)16-17-39(8)31(37)15-14-28-29-25-35(2,3)18-20-40(29,21-19-38(28,39)7)34(45)42-23-22-41-33(44)27-12-10-9-11-13-27/h9-14,29-31H,1,15-25H2,2-8H3,(H,41,44)(H,42,45)/t29-,30-,31+,37-,38+,39+,40-/m0/s1. The van der Waals surface area contributed by atoms with Crippen LogP contribution < -0.4 is 10.6 Å². The van der Waals surface area contributed by atoms with Gasteiger partial charge in [-0.15, -0.1) is 0 Å². The lowest BCUT2D eigenvalue weighted by Gasteiger charge is -2.70. The SMILES string of the molecule is C=C1C[C@]2(C)[C@H]3CC=C4[C@@H]5CC(C)(C)CC[C@]5(C(=O)NCCNC(=O)c5ccccc5)CC[C@@]4(C)[C@]3(C)CC[C@H]2C(C)(C)C1=O. The van der Waals surface area contributed by atoms with Crippen molar-refractivity contribution >= 4 is 17.6 Å². The predicted molar refractivity (Wildman–Crippen MR) is 180 cm³/mol. The number of hydrogen-bond donors (Lipinski definition) is 2. The van der Waals surface area contributed by atoms with Gasteiger partial charge in [0.1, 0.15) is 0 Å². The minimum atomic E-state index is -0.401. The number of carbonyl (C=O) groups is 3. The smallest absolute Gasteiger partial charge is 0.251 e. The van der Waals surface area contributed by atoms with Crippen LogP contribution in [0.1, 0.15) is 117 Å². The molecule has 0 unspecified atom stereocenters. The molecule has 4 fully saturated rings. The van der Waals surface area contributed by atoms with E-state index in [0.717, 1.165) is 63.4 Å². The molecule has 0 aliphatic heterocycles. The van der Waals surface area contributed by atoms with E-state index in [1.165, 1.54) is 0 Å². The van der Waals surface area contributed by atoms with Gasteiger partial charge >= 0.3 is 0 Å². The van der Waals surface area contributed by atoms with Crippen molar-refractivity contribution in [2.75, 3.05) is 13.1 Å². The molecule has 5 aliphatic rings. The second kappa shape index (κ2) is 10.7. The third-order valence-corrected chi connectivity index (χ3v) is 14.5. The van der Waals surface area contributed by atoms with Crippen LogP contribution in [0.25, 0.3) is 0 Å². The van der Waals surface area contributed by atoms with Gasteiger partial charge in [-0.05, 0) is 115 Å². The van der Waals surface area contributed by atoms with Crippen LogP contribution >= 0.6 is 0 Å². The first-order chi connectivity index (χ1) is 21.0. The molecule has 4 saturated carbocycles. The molecule has 1 aromatic rings. The number of rotatable bonds is 5. The molecule has 0 bridgehead atoms. The van der Waals surface area contributed by atoms with Gasteiger partial charge in [0.05, 0.1) is 5.41 Å². The zero-order valence-electron chi connectivity index (χ0n) is 28.9. The zero-order valence-corrected chi connectivity index (χ0v) is 28.9. The highest BCUT2D eigenvalue weighted by Gasteiger charge is 2.69. The first kappa shape index (κ1) is 32.3. The van der Waals surface area contributed by atoms with Gasteiger partial charge in [-0.3, -0.25) is 14.4 Å². The summed E-state index contributed by atoms with van der Waals surface area (Å²) in [5.41, 5.74) is 2.56. The van der Waals surface area contributed by atoms with Crippen LogP contribution in [0.3, 0.4) is 0 Å². The molecular formula is C40H56N2O3. The first-order valence-electron chi connectivity index (χ1n) is 17.6. The normalized spacial score (nSPS) is 39.7. The summed E-state index contributed by atoms with van der Waals surface area (Å²) in [6, 6.07) is 9.23. The van der Waals surface area contributed by atoms with E-state index in [9.17, 15) is 14.4 Å². The first-order valence-corrected chi connectivity index (χ1v) is 17.6. The summed E-state index contributed by atoms with van der Waals surface area (Å²) < 4.78 is 0. The number of carbonyl (C=O) groups excluding carboxylic acids is 3. The second-order valence-electron chi connectivity index (χ2n) is 17.6. The van der Waals surface area contributed by atoms with Crippen molar-refractivity contribution in [1.82, 2.24) is 10.6 Å². The van der Waals surface area contributed by atoms with Gasteiger partial charge in [-0.1, -0.05) is 84.9 Å². The number of nitrogens with one attached hydrogen (secondary N) is 2. The Bertz CT molecular complexity index is 1440. The van der Waals surface area contributed by atoms with E-state index in [0.29, 0.717) is 30.5 Å². The molecule has 5 nitrogen and oxygen atoms in total. The highest BCUT2D eigenvalue weighted by molar-refractivity contribution is 6.00. The van der Waals surface area contributed by atoms with E-state index in [2.05, 4.69) is 71.8 Å². The Hall–Kier alpha value is -2.69. The Kier molecular flexibility index (Phi) is 7.65. The average molecular weight is 613 g/mol. The molecule has 1 aromatic carbocycles. The fraction of sp³-hybridized carbons (Fsp3) is 0.675. The van der Waals surface area contributed by atoms with Crippen molar-refractivity contribution in [3.8, 4) is 0 Å². The third kappa shape index (κ3) is 4.72. The molecule has 7 atom stereocenters. The highest BCUT2D eigenvalue weighted by atomic mass is 16.2. The number of Topliss-reactive ketones (excluding diaryl/α,β-unsaturated/α-hetero) is 1. The Labute approximate surface area is 271 Å². The van der Waals surface area contributed by atoms with Crippen molar-refractivity contribution < 1.29 is 14.4 Å². The van der Waals surface area contributed by atoms with E-state index >= 15 is 0 Å². The molecule has 2 amide bonds. The number of benzene rings is 1. The topological polar surface area (TPSA) is 75.3 Å². The van der Waals surface area contributed by atoms with Crippen molar-refractivity contribution in [3.63, 3.8) is 0 Å². The number of hydrogen-bond acceptors (Lipinski definition) is 3. The number of fused-ring (bicyclic) bond motifs is 7. The largest absolute Gasteiger partial charge is 0.354 e. The zero-order chi connectivity index (χ0) is 32.6. The Morgan fingerprint density at radius 3 is 2.24 bits per heavy atom. The van der Waals surface area contributed by atoms with E-state index in [-0.39, 0.29) is 50.6 Å². The lowest BCUT2D eigenvalue weighted by molar-refractivity contribution is -0.179. The molecule has 0 saturated heterocycles. The highest BCUT2D eigenvalue weighted by Crippen LogP contribution is 2.75. The Balaban J connectivity index is 1.27. The molecule has 0 aromatic heterocycles. The molecule has 2 N–H and O–H groups in total. The van der Waals surface area contributed by atoms with E-state index in [1.807, 2.05) is 18.2 Å². The minimum absolute atomic E-state index is 0.0162. The van der Waals surface area contributed by atoms with Gasteiger partial charge in [0.25, 0.3) is 5.91 Å². The maximum absolute atomic E-state index is 14.3. The second-order valence-corrected chi connectivity index (χ2v) is 17.6. The Morgan fingerprint density at radius 1 is 0.867 bits per heavy atom. The fourth-order valence-corrected chi connectivity index (χ4v) is 11.8.